The zero-order chi connectivity index (χ0) is 10.4. The molecule has 1 aromatic rings. The zero-order valence-corrected chi connectivity index (χ0v) is 7.93. The molecular formula is C9H13N3O2. The number of nitrogens with two attached hydrogens (primary N) is 1. The molecule has 1 aromatic heterocycles. The Morgan fingerprint density at radius 3 is 3.07 bits per heavy atom. The fourth-order valence-electron chi connectivity index (χ4n) is 0.996. The highest BCUT2D eigenvalue weighted by molar-refractivity contribution is 5.80. The average Bonchev–Trinajstić information content (AvgIpc) is 2.26. The maximum Gasteiger partial charge on any atom is 0.274 e. The summed E-state index contributed by atoms with van der Waals surface area (Å²) in [6.45, 7) is 1.84. The quantitative estimate of drug-likeness (QED) is 0.409. The van der Waals surface area contributed by atoms with E-state index in [0.29, 0.717) is 12.2 Å². The van der Waals surface area contributed by atoms with Crippen LogP contribution in [0.4, 0.5) is 0 Å². The van der Waals surface area contributed by atoms with Crippen molar-refractivity contribution in [1.82, 2.24) is 10.4 Å². The standard InChI is InChI=1S/C9H13N3O2/c1-2-8(9(13)12-10)14-7-4-3-5-11-6-7/h3-6,8H,2,10H2,1H3,(H,12,13). The molecule has 0 saturated heterocycles. The number of hydrogen-bond donors (Lipinski definition) is 2. The highest BCUT2D eigenvalue weighted by Crippen LogP contribution is 2.10. The van der Waals surface area contributed by atoms with E-state index < -0.39 is 6.10 Å². The summed E-state index contributed by atoms with van der Waals surface area (Å²) in [5.41, 5.74) is 2.05. The van der Waals surface area contributed by atoms with Gasteiger partial charge in [-0.15, -0.1) is 0 Å². The van der Waals surface area contributed by atoms with Gasteiger partial charge in [-0.05, 0) is 18.6 Å². The van der Waals surface area contributed by atoms with Crippen LogP contribution in [-0.2, 0) is 4.79 Å². The summed E-state index contributed by atoms with van der Waals surface area (Å²) in [5, 5.41) is 0. The van der Waals surface area contributed by atoms with Crippen molar-refractivity contribution in [3.8, 4) is 5.75 Å². The first kappa shape index (κ1) is 10.5. The SMILES string of the molecule is CCC(Oc1cccnc1)C(=O)NN. The molecule has 1 heterocycles. The largest absolute Gasteiger partial charge is 0.479 e. The number of nitrogens with zero attached hydrogens (tertiary/aromatic N) is 1. The van der Waals surface area contributed by atoms with Crippen LogP contribution in [0.5, 0.6) is 5.75 Å². The number of carbonyl (C=O) groups is 1. The number of ether oxygens (including phenoxy) is 1. The molecule has 1 unspecified atom stereocenters. The highest BCUT2D eigenvalue weighted by atomic mass is 16.5. The Labute approximate surface area is 82.2 Å². The Kier molecular flexibility index (Phi) is 3.87. The molecule has 0 bridgehead atoms. The van der Waals surface area contributed by atoms with E-state index in [0.717, 1.165) is 0 Å². The van der Waals surface area contributed by atoms with E-state index in [9.17, 15) is 4.79 Å². The third-order valence-electron chi connectivity index (χ3n) is 1.72. The number of pyridine rings is 1. The Bertz CT molecular complexity index is 289. The van der Waals surface area contributed by atoms with Gasteiger partial charge in [0.15, 0.2) is 6.10 Å². The van der Waals surface area contributed by atoms with Crippen molar-refractivity contribution in [3.05, 3.63) is 24.5 Å². The average molecular weight is 195 g/mol. The number of hydrogen-bond acceptors (Lipinski definition) is 4. The van der Waals surface area contributed by atoms with Gasteiger partial charge in [0.2, 0.25) is 0 Å². The molecule has 5 nitrogen and oxygen atoms in total. The minimum absolute atomic E-state index is 0.337. The monoisotopic (exact) mass is 195 g/mol. The fourth-order valence-corrected chi connectivity index (χ4v) is 0.996. The number of rotatable bonds is 4. The van der Waals surface area contributed by atoms with E-state index in [1.807, 2.05) is 6.92 Å². The predicted molar refractivity (Wildman–Crippen MR) is 51.3 cm³/mol. The molecule has 0 aromatic carbocycles. The zero-order valence-electron chi connectivity index (χ0n) is 7.93. The van der Waals surface area contributed by atoms with Crippen LogP contribution < -0.4 is 16.0 Å². The number of carbonyl (C=O) groups excluding carboxylic acids is 1. The maximum absolute atomic E-state index is 11.2. The van der Waals surface area contributed by atoms with Crippen LogP contribution in [-0.4, -0.2) is 17.0 Å². The van der Waals surface area contributed by atoms with Crippen molar-refractivity contribution in [2.24, 2.45) is 5.84 Å². The van der Waals surface area contributed by atoms with Crippen LogP contribution in [0.1, 0.15) is 13.3 Å². The number of aromatic nitrogens is 1. The van der Waals surface area contributed by atoms with Crippen LogP contribution in [0.2, 0.25) is 0 Å². The molecule has 1 rings (SSSR count). The minimum Gasteiger partial charge on any atom is -0.479 e. The van der Waals surface area contributed by atoms with E-state index in [1.54, 1.807) is 24.5 Å². The van der Waals surface area contributed by atoms with E-state index in [-0.39, 0.29) is 5.91 Å². The first-order valence-corrected chi connectivity index (χ1v) is 4.35. The lowest BCUT2D eigenvalue weighted by Crippen LogP contribution is -2.41. The molecule has 76 valence electrons. The van der Waals surface area contributed by atoms with Crippen molar-refractivity contribution < 1.29 is 9.53 Å². The molecule has 0 aliphatic heterocycles. The fraction of sp³-hybridized carbons (Fsp3) is 0.333. The second-order valence-corrected chi connectivity index (χ2v) is 2.71. The maximum atomic E-state index is 11.2. The van der Waals surface area contributed by atoms with Crippen LogP contribution in [0.3, 0.4) is 0 Å². The molecule has 0 saturated carbocycles. The second-order valence-electron chi connectivity index (χ2n) is 2.71. The summed E-state index contributed by atoms with van der Waals surface area (Å²) in [4.78, 5) is 15.0. The summed E-state index contributed by atoms with van der Waals surface area (Å²) in [5.74, 6) is 5.23. The molecule has 0 fully saturated rings. The van der Waals surface area contributed by atoms with Crippen molar-refractivity contribution in [2.75, 3.05) is 0 Å². The first-order chi connectivity index (χ1) is 6.77. The van der Waals surface area contributed by atoms with Gasteiger partial charge in [-0.3, -0.25) is 15.2 Å². The molecule has 14 heavy (non-hydrogen) atoms. The summed E-state index contributed by atoms with van der Waals surface area (Å²) in [6, 6.07) is 3.47. The highest BCUT2D eigenvalue weighted by Gasteiger charge is 2.16. The van der Waals surface area contributed by atoms with E-state index in [4.69, 9.17) is 10.6 Å². The lowest BCUT2D eigenvalue weighted by atomic mass is 10.2. The molecule has 0 spiro atoms. The Balaban J connectivity index is 2.62. The summed E-state index contributed by atoms with van der Waals surface area (Å²) in [7, 11) is 0. The van der Waals surface area contributed by atoms with Gasteiger partial charge < -0.3 is 4.74 Å². The van der Waals surface area contributed by atoms with E-state index >= 15 is 0 Å². The molecular weight excluding hydrogens is 182 g/mol. The van der Waals surface area contributed by atoms with Gasteiger partial charge in [0.25, 0.3) is 5.91 Å². The summed E-state index contributed by atoms with van der Waals surface area (Å²) < 4.78 is 5.36. The summed E-state index contributed by atoms with van der Waals surface area (Å²) in [6.07, 6.45) is 3.17. The van der Waals surface area contributed by atoms with Gasteiger partial charge in [0, 0.05) is 6.20 Å². The Hall–Kier alpha value is -1.62. The van der Waals surface area contributed by atoms with Crippen molar-refractivity contribution in [3.63, 3.8) is 0 Å². The van der Waals surface area contributed by atoms with Gasteiger partial charge in [0.05, 0.1) is 6.20 Å². The van der Waals surface area contributed by atoms with Gasteiger partial charge in [0.1, 0.15) is 5.75 Å². The van der Waals surface area contributed by atoms with Crippen LogP contribution in [0.25, 0.3) is 0 Å². The number of amides is 1. The van der Waals surface area contributed by atoms with Gasteiger partial charge in [-0.2, -0.15) is 0 Å². The van der Waals surface area contributed by atoms with Gasteiger partial charge >= 0.3 is 0 Å². The molecule has 0 radical (unpaired) electrons. The summed E-state index contributed by atoms with van der Waals surface area (Å²) >= 11 is 0. The molecule has 1 atom stereocenters. The van der Waals surface area contributed by atoms with Gasteiger partial charge in [-0.1, -0.05) is 6.92 Å². The van der Waals surface area contributed by atoms with Crippen LogP contribution in [0.15, 0.2) is 24.5 Å². The van der Waals surface area contributed by atoms with Crippen LogP contribution in [0, 0.1) is 0 Å². The molecule has 3 N–H and O–H groups in total. The second kappa shape index (κ2) is 5.18. The number of hydrazine groups is 1. The third kappa shape index (κ3) is 2.70. The Morgan fingerprint density at radius 1 is 1.79 bits per heavy atom. The molecule has 1 amide bonds. The smallest absolute Gasteiger partial charge is 0.274 e. The van der Waals surface area contributed by atoms with Crippen molar-refractivity contribution in [2.45, 2.75) is 19.4 Å². The number of nitrogens with one attached hydrogen (secondary N) is 1. The van der Waals surface area contributed by atoms with Gasteiger partial charge in [-0.25, -0.2) is 5.84 Å². The van der Waals surface area contributed by atoms with Crippen molar-refractivity contribution >= 4 is 5.91 Å². The van der Waals surface area contributed by atoms with Crippen molar-refractivity contribution in [1.29, 1.82) is 0 Å². The molecule has 0 aliphatic carbocycles. The van der Waals surface area contributed by atoms with Crippen LogP contribution >= 0.6 is 0 Å². The van der Waals surface area contributed by atoms with E-state index in [1.165, 1.54) is 0 Å². The predicted octanol–water partition coefficient (Wildman–Crippen LogP) is 0.229. The Morgan fingerprint density at radius 2 is 2.57 bits per heavy atom. The third-order valence-corrected chi connectivity index (χ3v) is 1.72. The minimum atomic E-state index is -0.566. The van der Waals surface area contributed by atoms with E-state index in [2.05, 4.69) is 10.4 Å². The molecule has 0 aliphatic rings. The topological polar surface area (TPSA) is 77.2 Å². The molecule has 5 heteroatoms. The first-order valence-electron chi connectivity index (χ1n) is 4.35. The lowest BCUT2D eigenvalue weighted by Gasteiger charge is -2.14. The lowest BCUT2D eigenvalue weighted by molar-refractivity contribution is -0.128. The normalized spacial score (nSPS) is 11.9.